The van der Waals surface area contributed by atoms with Crippen molar-refractivity contribution in [2.75, 3.05) is 25.8 Å². The number of nitrogens with two attached hydrogens (primary N) is 1. The van der Waals surface area contributed by atoms with Gasteiger partial charge in [0.15, 0.2) is 12.4 Å². The Morgan fingerprint density at radius 2 is 2.19 bits per heavy atom. The van der Waals surface area contributed by atoms with Crippen LogP contribution in [0.25, 0.3) is 0 Å². The Balaban J connectivity index is 2.35. The normalized spacial score (nSPS) is 30.5. The van der Waals surface area contributed by atoms with Gasteiger partial charge in [0, 0.05) is 26.8 Å². The van der Waals surface area contributed by atoms with Crippen molar-refractivity contribution in [1.82, 2.24) is 9.55 Å². The van der Waals surface area contributed by atoms with E-state index in [-0.39, 0.29) is 5.82 Å². The average molecular weight is 418 g/mol. The van der Waals surface area contributed by atoms with Crippen LogP contribution in [-0.2, 0) is 18.3 Å². The maximum atomic E-state index is 14.6. The summed E-state index contributed by atoms with van der Waals surface area (Å²) in [6.07, 6.45) is -5.32. The lowest BCUT2D eigenvalue weighted by Crippen LogP contribution is -2.46. The Morgan fingerprint density at radius 1 is 1.58 bits per heavy atom. The number of hydrogen-bond donors (Lipinski definition) is 2. The minimum Gasteiger partial charge on any atom is -0.387 e. The highest BCUT2D eigenvalue weighted by molar-refractivity contribution is 7.54. The molecule has 0 spiro atoms. The summed E-state index contributed by atoms with van der Waals surface area (Å²) in [5.74, 6) is -2.89. The zero-order valence-electron chi connectivity index (χ0n) is 13.9. The third-order valence-corrected chi connectivity index (χ3v) is 6.53. The molecule has 26 heavy (non-hydrogen) atoms. The number of aliphatic hydroxyl groups is 1. The molecule has 9 nitrogen and oxygen atoms in total. The number of ether oxygens (including phenoxy) is 1. The van der Waals surface area contributed by atoms with Crippen LogP contribution in [0.15, 0.2) is 17.1 Å². The number of hydrogen-bond acceptors (Lipinski definition) is 8. The van der Waals surface area contributed by atoms with Gasteiger partial charge in [-0.3, -0.25) is 9.13 Å². The number of nitrogen functional groups attached to an aromatic ring is 1. The molecule has 0 aromatic carbocycles. The lowest BCUT2D eigenvalue weighted by Gasteiger charge is -2.32. The molecule has 2 rings (SSSR count). The van der Waals surface area contributed by atoms with E-state index < -0.39 is 55.6 Å². The van der Waals surface area contributed by atoms with E-state index in [1.165, 1.54) is 6.07 Å². The first-order chi connectivity index (χ1) is 12.1. The topological polar surface area (TPSA) is 126 Å². The van der Waals surface area contributed by atoms with Gasteiger partial charge in [0.2, 0.25) is 5.91 Å². The van der Waals surface area contributed by atoms with Crippen LogP contribution in [0.3, 0.4) is 0 Å². The third kappa shape index (κ3) is 3.64. The largest absolute Gasteiger partial charge is 0.387 e. The Kier molecular flexibility index (Phi) is 6.42. The second-order valence-electron chi connectivity index (χ2n) is 5.68. The molecule has 5 unspecified atom stereocenters. The average Bonchev–Trinajstić information content (AvgIpc) is 2.86. The Morgan fingerprint density at radius 3 is 2.69 bits per heavy atom. The second-order valence-corrected chi connectivity index (χ2v) is 8.32. The van der Waals surface area contributed by atoms with Crippen molar-refractivity contribution in [2.24, 2.45) is 0 Å². The van der Waals surface area contributed by atoms with E-state index in [2.05, 4.69) is 14.0 Å². The standard InChI is InChI=1S/C13H19ClF2N3O6P/c1-23-26(22,24-2)7(15)5-13(6-14)10(20)9(16)11(25-13)19-4-3-8(17)18-12(19)21/h3-4,7,9-11,20H,5-6H2,1-2H3,(H2,17,18,21). The SMILES string of the molecule is COP(=O)(OC)C(F)CC1(CCl)OC(n2ccc(N)nc2=O)C(F)C1O. The molecular weight excluding hydrogens is 399 g/mol. The number of rotatable bonds is 7. The van der Waals surface area contributed by atoms with Crippen LogP contribution in [0, 0.1) is 0 Å². The first kappa shape index (κ1) is 21.2. The fourth-order valence-corrected chi connectivity index (χ4v) is 4.15. The monoisotopic (exact) mass is 417 g/mol. The molecule has 0 radical (unpaired) electrons. The van der Waals surface area contributed by atoms with Gasteiger partial charge in [-0.25, -0.2) is 13.6 Å². The van der Waals surface area contributed by atoms with E-state index in [9.17, 15) is 23.2 Å². The smallest absolute Gasteiger partial charge is 0.364 e. The lowest BCUT2D eigenvalue weighted by molar-refractivity contribution is -0.100. The van der Waals surface area contributed by atoms with Crippen LogP contribution < -0.4 is 11.4 Å². The van der Waals surface area contributed by atoms with E-state index in [1.54, 1.807) is 0 Å². The second kappa shape index (κ2) is 7.87. The van der Waals surface area contributed by atoms with Gasteiger partial charge in [-0.15, -0.1) is 11.6 Å². The first-order valence-electron chi connectivity index (χ1n) is 7.40. The summed E-state index contributed by atoms with van der Waals surface area (Å²) in [7, 11) is -2.21. The maximum Gasteiger partial charge on any atom is 0.364 e. The van der Waals surface area contributed by atoms with Crippen molar-refractivity contribution in [3.8, 4) is 0 Å². The molecule has 0 bridgehead atoms. The number of nitrogens with zero attached hydrogens (tertiary/aromatic N) is 2. The highest BCUT2D eigenvalue weighted by Gasteiger charge is 2.58. The van der Waals surface area contributed by atoms with Crippen LogP contribution in [0.5, 0.6) is 0 Å². The van der Waals surface area contributed by atoms with E-state index in [0.717, 1.165) is 25.0 Å². The molecule has 0 amide bonds. The number of aromatic nitrogens is 2. The van der Waals surface area contributed by atoms with Crippen LogP contribution >= 0.6 is 19.2 Å². The van der Waals surface area contributed by atoms with E-state index in [4.69, 9.17) is 22.1 Å². The molecule has 1 aliphatic rings. The molecule has 1 aromatic heterocycles. The van der Waals surface area contributed by atoms with Crippen LogP contribution in [0.2, 0.25) is 0 Å². The molecule has 5 atom stereocenters. The number of halogens is 3. The first-order valence-corrected chi connectivity index (χ1v) is 9.54. The van der Waals surface area contributed by atoms with Gasteiger partial charge in [-0.2, -0.15) is 4.98 Å². The lowest BCUT2D eigenvalue weighted by atomic mass is 9.94. The number of anilines is 1. The summed E-state index contributed by atoms with van der Waals surface area (Å²) >= 11 is 5.81. The third-order valence-electron chi connectivity index (χ3n) is 4.19. The van der Waals surface area contributed by atoms with Crippen molar-refractivity contribution >= 4 is 25.0 Å². The number of alkyl halides is 3. The van der Waals surface area contributed by atoms with Gasteiger partial charge in [0.1, 0.15) is 17.5 Å². The molecule has 148 valence electrons. The van der Waals surface area contributed by atoms with E-state index >= 15 is 0 Å². The predicted molar refractivity (Wildman–Crippen MR) is 88.5 cm³/mol. The highest BCUT2D eigenvalue weighted by Crippen LogP contribution is 2.56. The quantitative estimate of drug-likeness (QED) is 0.500. The fraction of sp³-hybridized carbons (Fsp3) is 0.692. The molecule has 1 aliphatic heterocycles. The van der Waals surface area contributed by atoms with Gasteiger partial charge in [-0.1, -0.05) is 0 Å². The van der Waals surface area contributed by atoms with Crippen molar-refractivity contribution < 1.29 is 32.2 Å². The van der Waals surface area contributed by atoms with Crippen molar-refractivity contribution in [3.05, 3.63) is 22.7 Å². The molecule has 1 saturated heterocycles. The van der Waals surface area contributed by atoms with E-state index in [1.807, 2.05) is 0 Å². The molecule has 2 heterocycles. The Hall–Kier alpha value is -1.10. The Bertz CT molecular complexity index is 747. The van der Waals surface area contributed by atoms with E-state index in [0.29, 0.717) is 0 Å². The zero-order valence-corrected chi connectivity index (χ0v) is 15.6. The predicted octanol–water partition coefficient (Wildman–Crippen LogP) is 1.20. The molecule has 3 N–H and O–H groups in total. The summed E-state index contributed by atoms with van der Waals surface area (Å²) in [4.78, 5) is 15.3. The molecule has 13 heteroatoms. The summed E-state index contributed by atoms with van der Waals surface area (Å²) in [6.45, 7) is 0. The number of aliphatic hydroxyl groups excluding tert-OH is 1. The Labute approximate surface area is 152 Å². The summed E-state index contributed by atoms with van der Waals surface area (Å²) in [6, 6.07) is 1.23. The highest BCUT2D eigenvalue weighted by atomic mass is 35.5. The fourth-order valence-electron chi connectivity index (χ4n) is 2.69. The summed E-state index contributed by atoms with van der Waals surface area (Å²) in [5, 5.41) is 10.3. The molecule has 1 fully saturated rings. The van der Waals surface area contributed by atoms with Gasteiger partial charge >= 0.3 is 13.3 Å². The minimum absolute atomic E-state index is 0.0891. The van der Waals surface area contributed by atoms with Crippen molar-refractivity contribution in [3.63, 3.8) is 0 Å². The molecule has 1 aromatic rings. The van der Waals surface area contributed by atoms with Gasteiger partial charge < -0.3 is 24.6 Å². The minimum atomic E-state index is -4.17. The van der Waals surface area contributed by atoms with Gasteiger partial charge in [0.05, 0.1) is 5.88 Å². The van der Waals surface area contributed by atoms with Crippen LogP contribution in [0.4, 0.5) is 14.6 Å². The van der Waals surface area contributed by atoms with Gasteiger partial charge in [0.25, 0.3) is 0 Å². The molecular formula is C13H19ClF2N3O6P. The molecule has 0 saturated carbocycles. The summed E-state index contributed by atoms with van der Waals surface area (Å²) in [5.41, 5.74) is 2.48. The molecule has 0 aliphatic carbocycles. The van der Waals surface area contributed by atoms with Crippen LogP contribution in [0.1, 0.15) is 12.6 Å². The summed E-state index contributed by atoms with van der Waals surface area (Å²) < 4.78 is 56.6. The van der Waals surface area contributed by atoms with Crippen LogP contribution in [-0.4, -0.2) is 58.5 Å². The van der Waals surface area contributed by atoms with Crippen molar-refractivity contribution in [1.29, 1.82) is 0 Å². The zero-order chi connectivity index (χ0) is 19.7. The van der Waals surface area contributed by atoms with Gasteiger partial charge in [-0.05, 0) is 6.07 Å². The van der Waals surface area contributed by atoms with Crippen molar-refractivity contribution in [2.45, 2.75) is 36.4 Å². The maximum absolute atomic E-state index is 14.6.